The predicted molar refractivity (Wildman–Crippen MR) is 234 cm³/mol. The molecular formula is C49H51IO3. The van der Waals surface area contributed by atoms with Crippen LogP contribution in [-0.2, 0) is 4.74 Å². The molecule has 3 nitrogen and oxygen atoms in total. The van der Waals surface area contributed by atoms with Crippen LogP contribution in [0.2, 0.25) is 0 Å². The molecule has 0 N–H and O–H groups in total. The first-order chi connectivity index (χ1) is 25.7. The molecule has 0 radical (unpaired) electrons. The number of hydrogen-bond donors (Lipinski definition) is 0. The summed E-state index contributed by atoms with van der Waals surface area (Å²) in [5.74, 6) is 1.29. The van der Waals surface area contributed by atoms with E-state index in [-0.39, 0.29) is 7.43 Å². The van der Waals surface area contributed by atoms with Gasteiger partial charge in [-0.2, -0.15) is 0 Å². The molecule has 2 aliphatic carbocycles. The highest BCUT2D eigenvalue weighted by Crippen LogP contribution is 2.45. The van der Waals surface area contributed by atoms with Crippen LogP contribution in [0.5, 0.6) is 0 Å². The fourth-order valence-corrected chi connectivity index (χ4v) is 9.79. The lowest BCUT2D eigenvalue weighted by atomic mass is 9.82. The molecule has 8 aromatic rings. The van der Waals surface area contributed by atoms with Gasteiger partial charge in [0.2, 0.25) is 0 Å². The number of benzene rings is 6. The first-order valence-corrected chi connectivity index (χ1v) is 20.8. The summed E-state index contributed by atoms with van der Waals surface area (Å²) in [6.07, 6.45) is 15.9. The maximum Gasteiger partial charge on any atom is 0.148 e. The van der Waals surface area contributed by atoms with Crippen molar-refractivity contribution in [2.24, 2.45) is 0 Å². The summed E-state index contributed by atoms with van der Waals surface area (Å²) in [7, 11) is 0. The fraction of sp³-hybridized carbons (Fsp3) is 0.347. The third-order valence-corrected chi connectivity index (χ3v) is 12.6. The number of fused-ring (bicyclic) bond motifs is 10. The SMILES string of the molecule is C.C1CCOC1.Ic1cccc2c1oc1c(C3CCCCC3)cc3ccccc3c12.c1ccc2c(c1)cc(C1CCCCC1)c1oc3ccccc3c12. The van der Waals surface area contributed by atoms with Gasteiger partial charge in [0.15, 0.2) is 0 Å². The van der Waals surface area contributed by atoms with Crippen LogP contribution >= 0.6 is 22.6 Å². The molecular weight excluding hydrogens is 763 g/mol. The quantitative estimate of drug-likeness (QED) is 0.163. The Hall–Kier alpha value is -3.87. The first kappa shape index (κ1) is 36.1. The van der Waals surface area contributed by atoms with Gasteiger partial charge in [-0.1, -0.05) is 125 Å². The van der Waals surface area contributed by atoms with Crippen LogP contribution in [0.4, 0.5) is 0 Å². The lowest BCUT2D eigenvalue weighted by Crippen LogP contribution is -2.04. The summed E-state index contributed by atoms with van der Waals surface area (Å²) < 4.78 is 19.0. The molecule has 0 spiro atoms. The minimum absolute atomic E-state index is 0. The molecule has 1 saturated heterocycles. The lowest BCUT2D eigenvalue weighted by molar-refractivity contribution is 0.198. The summed E-state index contributed by atoms with van der Waals surface area (Å²) in [4.78, 5) is 0. The Morgan fingerprint density at radius 1 is 0.453 bits per heavy atom. The zero-order valence-corrected chi connectivity index (χ0v) is 32.1. The lowest BCUT2D eigenvalue weighted by Gasteiger charge is -2.22. The molecule has 53 heavy (non-hydrogen) atoms. The Morgan fingerprint density at radius 3 is 1.51 bits per heavy atom. The largest absolute Gasteiger partial charge is 0.456 e. The average Bonchev–Trinajstić information content (AvgIpc) is 4.00. The number of furan rings is 2. The Balaban J connectivity index is 0.000000131. The second kappa shape index (κ2) is 16.2. The second-order valence-corrected chi connectivity index (χ2v) is 16.3. The second-order valence-electron chi connectivity index (χ2n) is 15.1. The Bertz CT molecular complexity index is 2480. The molecule has 3 heterocycles. The monoisotopic (exact) mass is 814 g/mol. The molecule has 0 amide bonds. The third kappa shape index (κ3) is 7.10. The number of ether oxygens (including phenoxy) is 1. The van der Waals surface area contributed by atoms with Crippen LogP contribution in [0.25, 0.3) is 65.4 Å². The number of rotatable bonds is 2. The summed E-state index contributed by atoms with van der Waals surface area (Å²) in [5.41, 5.74) is 7.15. The minimum atomic E-state index is 0. The molecule has 4 heteroatoms. The zero-order valence-electron chi connectivity index (χ0n) is 30.0. The highest BCUT2D eigenvalue weighted by atomic mass is 127. The maximum absolute atomic E-state index is 6.47. The van der Waals surface area contributed by atoms with E-state index < -0.39 is 0 Å². The summed E-state index contributed by atoms with van der Waals surface area (Å²) in [6.45, 7) is 2.00. The van der Waals surface area contributed by atoms with E-state index in [1.807, 2.05) is 0 Å². The molecule has 6 aromatic carbocycles. The Kier molecular flexibility index (Phi) is 11.1. The molecule has 0 unspecified atom stereocenters. The van der Waals surface area contributed by atoms with Gasteiger partial charge in [-0.05, 0) is 130 Å². The van der Waals surface area contributed by atoms with Crippen molar-refractivity contribution in [1.82, 2.24) is 0 Å². The van der Waals surface area contributed by atoms with Gasteiger partial charge in [0.25, 0.3) is 0 Å². The van der Waals surface area contributed by atoms with E-state index in [2.05, 4.69) is 126 Å². The van der Waals surface area contributed by atoms with Gasteiger partial charge in [0.05, 0.1) is 3.57 Å². The summed E-state index contributed by atoms with van der Waals surface area (Å²) in [6, 6.07) is 37.2. The molecule has 3 aliphatic rings. The van der Waals surface area contributed by atoms with Crippen LogP contribution in [0, 0.1) is 3.57 Å². The van der Waals surface area contributed by atoms with E-state index in [1.165, 1.54) is 135 Å². The van der Waals surface area contributed by atoms with E-state index in [0.717, 1.165) is 35.5 Å². The molecule has 1 aliphatic heterocycles. The molecule has 272 valence electrons. The Morgan fingerprint density at radius 2 is 0.943 bits per heavy atom. The van der Waals surface area contributed by atoms with E-state index in [1.54, 1.807) is 0 Å². The van der Waals surface area contributed by atoms with Crippen molar-refractivity contribution >= 4 is 88.0 Å². The van der Waals surface area contributed by atoms with Gasteiger partial charge in [-0.3, -0.25) is 0 Å². The van der Waals surface area contributed by atoms with Gasteiger partial charge in [0.1, 0.15) is 22.3 Å². The molecule has 0 atom stereocenters. The highest BCUT2D eigenvalue weighted by Gasteiger charge is 2.24. The van der Waals surface area contributed by atoms with Crippen molar-refractivity contribution in [3.05, 3.63) is 118 Å². The first-order valence-electron chi connectivity index (χ1n) is 19.7. The standard InChI is InChI=1S/C22H19IO.C22H20O.C4H8O.CH4/c23-19-12-6-11-17-20-16-10-5-4-9-15(16)13-18(22(20)24-21(17)19)14-7-2-1-3-8-14;1-2-8-15(9-3-1)19-14-16-10-4-5-11-17(16)21-18-12-6-7-13-20(18)23-22(19)21;1-2-4-5-3-1;/h4-6,9-14H,1-3,7-8H2;4-7,10-15H,1-3,8-9H2;1-4H2;1H4. The zero-order chi connectivity index (χ0) is 34.9. The van der Waals surface area contributed by atoms with Crippen molar-refractivity contribution < 1.29 is 13.6 Å². The molecule has 0 bridgehead atoms. The third-order valence-electron chi connectivity index (χ3n) is 11.8. The van der Waals surface area contributed by atoms with Crippen LogP contribution in [0.1, 0.15) is 107 Å². The number of para-hydroxylation sites is 2. The van der Waals surface area contributed by atoms with Crippen LogP contribution in [-0.4, -0.2) is 13.2 Å². The van der Waals surface area contributed by atoms with Crippen LogP contribution < -0.4 is 0 Å². The summed E-state index contributed by atoms with van der Waals surface area (Å²) in [5, 5.41) is 10.4. The minimum Gasteiger partial charge on any atom is -0.456 e. The molecule has 2 aromatic heterocycles. The van der Waals surface area contributed by atoms with E-state index in [9.17, 15) is 0 Å². The fourth-order valence-electron chi connectivity index (χ4n) is 9.18. The molecule has 11 rings (SSSR count). The van der Waals surface area contributed by atoms with Gasteiger partial charge in [0, 0.05) is 34.8 Å². The van der Waals surface area contributed by atoms with Gasteiger partial charge in [-0.15, -0.1) is 0 Å². The van der Waals surface area contributed by atoms with Crippen molar-refractivity contribution in [3.8, 4) is 0 Å². The number of hydrogen-bond acceptors (Lipinski definition) is 3. The van der Waals surface area contributed by atoms with Gasteiger partial charge in [-0.25, -0.2) is 0 Å². The Labute approximate surface area is 327 Å². The van der Waals surface area contributed by atoms with Crippen molar-refractivity contribution in [3.63, 3.8) is 0 Å². The van der Waals surface area contributed by atoms with Gasteiger partial charge < -0.3 is 13.6 Å². The van der Waals surface area contributed by atoms with Crippen LogP contribution in [0.3, 0.4) is 0 Å². The smallest absolute Gasteiger partial charge is 0.148 e. The maximum atomic E-state index is 6.47. The van der Waals surface area contributed by atoms with E-state index in [0.29, 0.717) is 11.8 Å². The predicted octanol–water partition coefficient (Wildman–Crippen LogP) is 15.6. The van der Waals surface area contributed by atoms with E-state index >= 15 is 0 Å². The molecule has 3 fully saturated rings. The number of halogens is 1. The van der Waals surface area contributed by atoms with E-state index in [4.69, 9.17) is 13.6 Å². The van der Waals surface area contributed by atoms with Crippen molar-refractivity contribution in [2.75, 3.05) is 13.2 Å². The summed E-state index contributed by atoms with van der Waals surface area (Å²) >= 11 is 2.39. The topological polar surface area (TPSA) is 35.5 Å². The van der Waals surface area contributed by atoms with Gasteiger partial charge >= 0.3 is 0 Å². The van der Waals surface area contributed by atoms with Crippen molar-refractivity contribution in [2.45, 2.75) is 96.3 Å². The highest BCUT2D eigenvalue weighted by molar-refractivity contribution is 14.1. The van der Waals surface area contributed by atoms with Crippen LogP contribution in [0.15, 0.2) is 112 Å². The van der Waals surface area contributed by atoms with Crippen molar-refractivity contribution in [1.29, 1.82) is 0 Å². The average molecular weight is 815 g/mol. The normalized spacial score (nSPS) is 16.8. The molecule has 2 saturated carbocycles.